The summed E-state index contributed by atoms with van der Waals surface area (Å²) >= 11 is 0. The zero-order chi connectivity index (χ0) is 17.8. The second-order valence-corrected chi connectivity index (χ2v) is 6.66. The van der Waals surface area contributed by atoms with Gasteiger partial charge >= 0.3 is 0 Å². The molecule has 0 unspecified atom stereocenters. The van der Waals surface area contributed by atoms with Crippen LogP contribution in [0.1, 0.15) is 42.1 Å². The van der Waals surface area contributed by atoms with E-state index in [2.05, 4.69) is 28.9 Å². The van der Waals surface area contributed by atoms with Crippen LogP contribution in [0.25, 0.3) is 11.4 Å². The van der Waals surface area contributed by atoms with Crippen molar-refractivity contribution in [2.24, 2.45) is 0 Å². The van der Waals surface area contributed by atoms with Crippen molar-refractivity contribution >= 4 is 11.7 Å². The first-order valence-electron chi connectivity index (χ1n) is 9.04. The third-order valence-corrected chi connectivity index (χ3v) is 4.79. The van der Waals surface area contributed by atoms with E-state index in [0.717, 1.165) is 37.3 Å². The average molecular weight is 338 g/mol. The molecular formula is C20H26N4O. The summed E-state index contributed by atoms with van der Waals surface area (Å²) in [5.41, 5.74) is 2.78. The standard InChI is InChI=1S/C20H26N4O/c1-4-23(3)20(25)17-14-21-18(16-10-8-15(2)9-11-16)22-19(17)24-12-6-5-7-13-24/h8-11,14H,4-7,12-13H2,1-3H3. The predicted molar refractivity (Wildman–Crippen MR) is 101 cm³/mol. The van der Waals surface area contributed by atoms with Gasteiger partial charge in [-0.15, -0.1) is 0 Å². The molecule has 132 valence electrons. The summed E-state index contributed by atoms with van der Waals surface area (Å²) in [6.45, 7) is 6.59. The van der Waals surface area contributed by atoms with Crippen molar-refractivity contribution in [3.63, 3.8) is 0 Å². The Labute approximate surface area is 149 Å². The van der Waals surface area contributed by atoms with Gasteiger partial charge in [-0.1, -0.05) is 29.8 Å². The Hall–Kier alpha value is -2.43. The van der Waals surface area contributed by atoms with Gasteiger partial charge in [-0.2, -0.15) is 0 Å². The lowest BCUT2D eigenvalue weighted by molar-refractivity contribution is 0.0802. The molecular weight excluding hydrogens is 312 g/mol. The molecule has 0 atom stereocenters. The van der Waals surface area contributed by atoms with Gasteiger partial charge < -0.3 is 9.80 Å². The van der Waals surface area contributed by atoms with Crippen molar-refractivity contribution in [1.29, 1.82) is 0 Å². The van der Waals surface area contributed by atoms with E-state index in [-0.39, 0.29) is 5.91 Å². The molecule has 1 aliphatic heterocycles. The molecule has 1 aromatic carbocycles. The number of anilines is 1. The number of piperidine rings is 1. The van der Waals surface area contributed by atoms with Gasteiger partial charge in [0.2, 0.25) is 0 Å². The molecule has 5 nitrogen and oxygen atoms in total. The van der Waals surface area contributed by atoms with E-state index in [1.54, 1.807) is 11.1 Å². The topological polar surface area (TPSA) is 49.3 Å². The zero-order valence-corrected chi connectivity index (χ0v) is 15.3. The van der Waals surface area contributed by atoms with Gasteiger partial charge in [0.15, 0.2) is 5.82 Å². The maximum atomic E-state index is 12.8. The fourth-order valence-corrected chi connectivity index (χ4v) is 3.06. The maximum Gasteiger partial charge on any atom is 0.258 e. The first-order valence-corrected chi connectivity index (χ1v) is 9.04. The monoisotopic (exact) mass is 338 g/mol. The number of hydrogen-bond donors (Lipinski definition) is 0. The molecule has 0 N–H and O–H groups in total. The van der Waals surface area contributed by atoms with Crippen LogP contribution in [0.15, 0.2) is 30.5 Å². The lowest BCUT2D eigenvalue weighted by atomic mass is 10.1. The van der Waals surface area contributed by atoms with Gasteiger partial charge in [0.25, 0.3) is 5.91 Å². The number of carbonyl (C=O) groups is 1. The molecule has 5 heteroatoms. The van der Waals surface area contributed by atoms with Crippen LogP contribution in [0.2, 0.25) is 0 Å². The normalized spacial score (nSPS) is 14.4. The quantitative estimate of drug-likeness (QED) is 0.856. The molecule has 0 aliphatic carbocycles. The molecule has 1 fully saturated rings. The number of nitrogens with zero attached hydrogens (tertiary/aromatic N) is 4. The summed E-state index contributed by atoms with van der Waals surface area (Å²) in [7, 11) is 1.82. The molecule has 3 rings (SSSR count). The molecule has 0 spiro atoms. The summed E-state index contributed by atoms with van der Waals surface area (Å²) < 4.78 is 0. The van der Waals surface area contributed by atoms with E-state index in [4.69, 9.17) is 4.98 Å². The Balaban J connectivity index is 2.03. The minimum atomic E-state index is -0.0153. The Bertz CT molecular complexity index is 736. The van der Waals surface area contributed by atoms with E-state index >= 15 is 0 Å². The van der Waals surface area contributed by atoms with Crippen molar-refractivity contribution in [2.75, 3.05) is 31.6 Å². The molecule has 1 aromatic heterocycles. The average Bonchev–Trinajstić information content (AvgIpc) is 2.67. The lowest BCUT2D eigenvalue weighted by Gasteiger charge is -2.30. The predicted octanol–water partition coefficient (Wildman–Crippen LogP) is 3.53. The van der Waals surface area contributed by atoms with E-state index in [9.17, 15) is 4.79 Å². The minimum Gasteiger partial charge on any atom is -0.356 e. The molecule has 25 heavy (non-hydrogen) atoms. The summed E-state index contributed by atoms with van der Waals surface area (Å²) in [4.78, 5) is 26.0. The molecule has 2 heterocycles. The van der Waals surface area contributed by atoms with Crippen LogP contribution in [-0.4, -0.2) is 47.5 Å². The van der Waals surface area contributed by atoms with Gasteiger partial charge in [-0.25, -0.2) is 9.97 Å². The Morgan fingerprint density at radius 3 is 2.48 bits per heavy atom. The highest BCUT2D eigenvalue weighted by Crippen LogP contribution is 2.26. The van der Waals surface area contributed by atoms with Crippen molar-refractivity contribution in [3.05, 3.63) is 41.6 Å². The van der Waals surface area contributed by atoms with Gasteiger partial charge in [0, 0.05) is 38.4 Å². The summed E-state index contributed by atoms with van der Waals surface area (Å²) in [6.07, 6.45) is 5.22. The van der Waals surface area contributed by atoms with E-state index in [0.29, 0.717) is 17.9 Å². The van der Waals surface area contributed by atoms with Crippen LogP contribution in [-0.2, 0) is 0 Å². The second-order valence-electron chi connectivity index (χ2n) is 6.66. The Morgan fingerprint density at radius 1 is 1.16 bits per heavy atom. The Morgan fingerprint density at radius 2 is 1.84 bits per heavy atom. The molecule has 1 saturated heterocycles. The second kappa shape index (κ2) is 7.64. The van der Waals surface area contributed by atoms with Crippen LogP contribution in [0.5, 0.6) is 0 Å². The summed E-state index contributed by atoms with van der Waals surface area (Å²) in [6, 6.07) is 8.18. The zero-order valence-electron chi connectivity index (χ0n) is 15.3. The number of amides is 1. The van der Waals surface area contributed by atoms with E-state index < -0.39 is 0 Å². The highest BCUT2D eigenvalue weighted by atomic mass is 16.2. The number of hydrogen-bond acceptors (Lipinski definition) is 4. The third-order valence-electron chi connectivity index (χ3n) is 4.79. The first-order chi connectivity index (χ1) is 12.1. The van der Waals surface area contributed by atoms with Crippen molar-refractivity contribution in [1.82, 2.24) is 14.9 Å². The van der Waals surface area contributed by atoms with Crippen molar-refractivity contribution in [2.45, 2.75) is 33.1 Å². The summed E-state index contributed by atoms with van der Waals surface area (Å²) in [5.74, 6) is 1.44. The molecule has 1 amide bonds. The third kappa shape index (κ3) is 3.81. The molecule has 0 saturated carbocycles. The van der Waals surface area contributed by atoms with Crippen LogP contribution < -0.4 is 4.90 Å². The molecule has 2 aromatic rings. The number of carbonyl (C=O) groups excluding carboxylic acids is 1. The molecule has 0 bridgehead atoms. The fraction of sp³-hybridized carbons (Fsp3) is 0.450. The Kier molecular flexibility index (Phi) is 5.31. The van der Waals surface area contributed by atoms with Crippen LogP contribution in [0, 0.1) is 6.92 Å². The molecule has 0 radical (unpaired) electrons. The van der Waals surface area contributed by atoms with Gasteiger partial charge in [-0.3, -0.25) is 4.79 Å². The SMILES string of the molecule is CCN(C)C(=O)c1cnc(-c2ccc(C)cc2)nc1N1CCCCC1. The van der Waals surface area contributed by atoms with E-state index in [1.807, 2.05) is 26.1 Å². The molecule has 1 aliphatic rings. The number of aryl methyl sites for hydroxylation is 1. The van der Waals surface area contributed by atoms with Crippen LogP contribution >= 0.6 is 0 Å². The van der Waals surface area contributed by atoms with Gasteiger partial charge in [0.1, 0.15) is 11.4 Å². The van der Waals surface area contributed by atoms with Gasteiger partial charge in [0.05, 0.1) is 0 Å². The summed E-state index contributed by atoms with van der Waals surface area (Å²) in [5, 5.41) is 0. The largest absolute Gasteiger partial charge is 0.356 e. The number of rotatable bonds is 4. The highest BCUT2D eigenvalue weighted by molar-refractivity contribution is 5.98. The van der Waals surface area contributed by atoms with Crippen molar-refractivity contribution in [3.8, 4) is 11.4 Å². The lowest BCUT2D eigenvalue weighted by Crippen LogP contribution is -2.34. The highest BCUT2D eigenvalue weighted by Gasteiger charge is 2.23. The first kappa shape index (κ1) is 17.4. The minimum absolute atomic E-state index is 0.0153. The number of aromatic nitrogens is 2. The van der Waals surface area contributed by atoms with Crippen LogP contribution in [0.4, 0.5) is 5.82 Å². The fourth-order valence-electron chi connectivity index (χ4n) is 3.06. The van der Waals surface area contributed by atoms with Crippen LogP contribution in [0.3, 0.4) is 0 Å². The number of benzene rings is 1. The maximum absolute atomic E-state index is 12.8. The van der Waals surface area contributed by atoms with Gasteiger partial charge in [-0.05, 0) is 33.1 Å². The smallest absolute Gasteiger partial charge is 0.258 e. The van der Waals surface area contributed by atoms with Crippen molar-refractivity contribution < 1.29 is 4.79 Å². The van der Waals surface area contributed by atoms with E-state index in [1.165, 1.54) is 12.0 Å².